The molecule has 0 fully saturated rings. The first kappa shape index (κ1) is 17.1. The molecule has 0 aliphatic rings. The van der Waals surface area contributed by atoms with E-state index in [2.05, 4.69) is 10.1 Å². The zero-order valence-corrected chi connectivity index (χ0v) is 14.2. The van der Waals surface area contributed by atoms with Gasteiger partial charge in [-0.25, -0.2) is 9.50 Å². The second-order valence-electron chi connectivity index (χ2n) is 5.71. The summed E-state index contributed by atoms with van der Waals surface area (Å²) >= 11 is 6.12. The molecule has 0 atom stereocenters. The predicted octanol–water partition coefficient (Wildman–Crippen LogP) is 4.73. The van der Waals surface area contributed by atoms with E-state index in [1.54, 1.807) is 28.9 Å². The van der Waals surface area contributed by atoms with Gasteiger partial charge in [0.2, 0.25) is 0 Å². The lowest BCUT2D eigenvalue weighted by Crippen LogP contribution is -2.07. The Balaban J connectivity index is 1.92. The van der Waals surface area contributed by atoms with Gasteiger partial charge in [0, 0.05) is 18.0 Å². The van der Waals surface area contributed by atoms with Gasteiger partial charge in [-0.15, -0.1) is 0 Å². The van der Waals surface area contributed by atoms with Crippen LogP contribution >= 0.6 is 11.6 Å². The summed E-state index contributed by atoms with van der Waals surface area (Å²) in [7, 11) is 0. The molecule has 4 rings (SSSR count). The molecule has 1 aromatic carbocycles. The number of aromatic nitrogens is 4. The van der Waals surface area contributed by atoms with Crippen LogP contribution in [0, 0.1) is 11.3 Å². The van der Waals surface area contributed by atoms with E-state index in [4.69, 9.17) is 11.6 Å². The maximum atomic E-state index is 13.1. The highest BCUT2D eigenvalue weighted by Gasteiger charge is 2.31. The van der Waals surface area contributed by atoms with Crippen molar-refractivity contribution in [1.82, 2.24) is 19.2 Å². The van der Waals surface area contributed by atoms with Crippen molar-refractivity contribution in [3.8, 4) is 23.0 Å². The lowest BCUT2D eigenvalue weighted by Gasteiger charge is -2.12. The molecule has 3 heterocycles. The fourth-order valence-electron chi connectivity index (χ4n) is 2.84. The van der Waals surface area contributed by atoms with E-state index in [9.17, 15) is 18.4 Å². The highest BCUT2D eigenvalue weighted by atomic mass is 35.5. The van der Waals surface area contributed by atoms with Crippen molar-refractivity contribution in [2.45, 2.75) is 6.18 Å². The molecule has 0 bridgehead atoms. The minimum atomic E-state index is -4.52. The summed E-state index contributed by atoms with van der Waals surface area (Å²) in [5, 5.41) is 13.6. The van der Waals surface area contributed by atoms with Crippen LogP contribution in [0.3, 0.4) is 0 Å². The Morgan fingerprint density at radius 2 is 1.96 bits per heavy atom. The average Bonchev–Trinajstić information content (AvgIpc) is 3.27. The van der Waals surface area contributed by atoms with Crippen molar-refractivity contribution in [3.63, 3.8) is 0 Å². The summed E-state index contributed by atoms with van der Waals surface area (Å²) in [5.41, 5.74) is 1.16. The Morgan fingerprint density at radius 1 is 1.15 bits per heavy atom. The van der Waals surface area contributed by atoms with Crippen molar-refractivity contribution in [2.24, 2.45) is 0 Å². The van der Waals surface area contributed by atoms with Crippen LogP contribution in [0.4, 0.5) is 13.2 Å². The van der Waals surface area contributed by atoms with Gasteiger partial charge in [-0.2, -0.15) is 23.5 Å². The van der Waals surface area contributed by atoms with Gasteiger partial charge in [-0.1, -0.05) is 11.6 Å². The lowest BCUT2D eigenvalue weighted by molar-refractivity contribution is -0.137. The Hall–Kier alpha value is -3.31. The van der Waals surface area contributed by atoms with Crippen molar-refractivity contribution in [1.29, 1.82) is 5.26 Å². The van der Waals surface area contributed by atoms with Gasteiger partial charge in [0.1, 0.15) is 18.1 Å². The number of alkyl halides is 3. The third-order valence-corrected chi connectivity index (χ3v) is 4.39. The van der Waals surface area contributed by atoms with Crippen LogP contribution in [0.25, 0.3) is 22.5 Å². The predicted molar refractivity (Wildman–Crippen MR) is 92.5 cm³/mol. The Kier molecular flexibility index (Phi) is 3.89. The van der Waals surface area contributed by atoms with Crippen LogP contribution in [0.15, 0.2) is 55.1 Å². The highest BCUT2D eigenvalue weighted by Crippen LogP contribution is 2.35. The van der Waals surface area contributed by atoms with Crippen molar-refractivity contribution in [2.75, 3.05) is 0 Å². The minimum absolute atomic E-state index is 0.0646. The molecule has 0 saturated carbocycles. The third-order valence-electron chi connectivity index (χ3n) is 4.07. The zero-order valence-electron chi connectivity index (χ0n) is 13.4. The number of halogens is 4. The van der Waals surface area contributed by atoms with Gasteiger partial charge in [0.15, 0.2) is 0 Å². The van der Waals surface area contributed by atoms with Gasteiger partial charge in [-0.3, -0.25) is 0 Å². The SMILES string of the molecule is N#Cc1cc(-c2ncnn3cccc23)cn1-c1cc(C(F)(F)F)ccc1Cl. The number of fused-ring (bicyclic) bond motifs is 1. The monoisotopic (exact) mass is 387 g/mol. The number of nitriles is 1. The maximum Gasteiger partial charge on any atom is 0.416 e. The highest BCUT2D eigenvalue weighted by molar-refractivity contribution is 6.32. The molecular weight excluding hydrogens is 379 g/mol. The van der Waals surface area contributed by atoms with Crippen LogP contribution < -0.4 is 0 Å². The molecule has 0 amide bonds. The van der Waals surface area contributed by atoms with Crippen LogP contribution in [-0.4, -0.2) is 19.2 Å². The number of nitrogens with zero attached hydrogens (tertiary/aromatic N) is 5. The van der Waals surface area contributed by atoms with Crippen molar-refractivity contribution >= 4 is 17.1 Å². The second kappa shape index (κ2) is 6.14. The molecule has 3 aromatic heterocycles. The second-order valence-corrected chi connectivity index (χ2v) is 6.11. The largest absolute Gasteiger partial charge is 0.416 e. The van der Waals surface area contributed by atoms with E-state index < -0.39 is 11.7 Å². The fraction of sp³-hybridized carbons (Fsp3) is 0.0556. The Morgan fingerprint density at radius 3 is 2.70 bits per heavy atom. The normalized spacial score (nSPS) is 11.7. The summed E-state index contributed by atoms with van der Waals surface area (Å²) in [5.74, 6) is 0. The molecular formula is C18H9ClF3N5. The van der Waals surface area contributed by atoms with E-state index in [1.165, 1.54) is 17.1 Å². The molecule has 0 aliphatic carbocycles. The lowest BCUT2D eigenvalue weighted by atomic mass is 10.2. The van der Waals surface area contributed by atoms with Crippen LogP contribution in [0.5, 0.6) is 0 Å². The van der Waals surface area contributed by atoms with Gasteiger partial charge in [0.05, 0.1) is 27.5 Å². The van der Waals surface area contributed by atoms with Crippen molar-refractivity contribution in [3.05, 3.63) is 71.4 Å². The molecule has 0 saturated heterocycles. The van der Waals surface area contributed by atoms with Crippen molar-refractivity contribution < 1.29 is 13.2 Å². The topological polar surface area (TPSA) is 58.9 Å². The van der Waals surface area contributed by atoms with E-state index in [1.807, 2.05) is 6.07 Å². The Labute approximate surface area is 155 Å². The standard InChI is InChI=1S/C18H9ClF3N5/c19-14-4-3-12(18(20,21)22)7-16(14)26-9-11(6-13(26)8-23)17-15-2-1-5-27(15)25-10-24-17/h1-7,9-10H. The first-order valence-corrected chi connectivity index (χ1v) is 8.04. The smallest absolute Gasteiger partial charge is 0.306 e. The number of benzene rings is 1. The van der Waals surface area contributed by atoms with E-state index >= 15 is 0 Å². The van der Waals surface area contributed by atoms with E-state index in [0.717, 1.165) is 18.2 Å². The average molecular weight is 388 g/mol. The first-order valence-electron chi connectivity index (χ1n) is 7.67. The fourth-order valence-corrected chi connectivity index (χ4v) is 3.05. The third kappa shape index (κ3) is 2.92. The summed E-state index contributed by atoms with van der Waals surface area (Å²) in [4.78, 5) is 4.24. The molecule has 0 N–H and O–H groups in total. The Bertz CT molecular complexity index is 1200. The molecule has 134 valence electrons. The van der Waals surface area contributed by atoms with Gasteiger partial charge in [0.25, 0.3) is 0 Å². The van der Waals surface area contributed by atoms with Crippen LogP contribution in [0.2, 0.25) is 5.02 Å². The summed E-state index contributed by atoms with van der Waals surface area (Å²) in [6, 6.07) is 10.1. The molecule has 0 unspecified atom stereocenters. The van der Waals surface area contributed by atoms with E-state index in [-0.39, 0.29) is 16.4 Å². The minimum Gasteiger partial charge on any atom is -0.306 e. The molecule has 0 aliphatic heterocycles. The quantitative estimate of drug-likeness (QED) is 0.499. The molecule has 9 heteroatoms. The molecule has 5 nitrogen and oxygen atoms in total. The summed E-state index contributed by atoms with van der Waals surface area (Å²) < 4.78 is 42.2. The van der Waals surface area contributed by atoms with Gasteiger partial charge in [-0.05, 0) is 36.4 Å². The summed E-state index contributed by atoms with van der Waals surface area (Å²) in [6.07, 6.45) is 0.123. The summed E-state index contributed by atoms with van der Waals surface area (Å²) in [6.45, 7) is 0. The first-order chi connectivity index (χ1) is 12.9. The number of hydrogen-bond donors (Lipinski definition) is 0. The maximum absolute atomic E-state index is 13.1. The molecule has 4 aromatic rings. The van der Waals surface area contributed by atoms with Gasteiger partial charge < -0.3 is 4.57 Å². The van der Waals surface area contributed by atoms with E-state index in [0.29, 0.717) is 16.8 Å². The molecule has 0 spiro atoms. The van der Waals surface area contributed by atoms with Crippen LogP contribution in [-0.2, 0) is 6.18 Å². The number of rotatable bonds is 2. The zero-order chi connectivity index (χ0) is 19.2. The van der Waals surface area contributed by atoms with Gasteiger partial charge >= 0.3 is 6.18 Å². The molecule has 0 radical (unpaired) electrons. The number of hydrogen-bond acceptors (Lipinski definition) is 3. The molecule has 27 heavy (non-hydrogen) atoms. The van der Waals surface area contributed by atoms with Crippen LogP contribution in [0.1, 0.15) is 11.3 Å².